The van der Waals surface area contributed by atoms with Crippen LogP contribution in [0.1, 0.15) is 51.0 Å². The highest BCUT2D eigenvalue weighted by Crippen LogP contribution is 2.34. The number of amides is 1. The van der Waals surface area contributed by atoms with Crippen molar-refractivity contribution in [2.24, 2.45) is 5.92 Å². The number of benzene rings is 1. The van der Waals surface area contributed by atoms with Gasteiger partial charge < -0.3 is 19.3 Å². The summed E-state index contributed by atoms with van der Waals surface area (Å²) in [4.78, 5) is 17.4. The molecule has 5 nitrogen and oxygen atoms in total. The van der Waals surface area contributed by atoms with Gasteiger partial charge in [0.05, 0.1) is 0 Å². The third kappa shape index (κ3) is 4.14. The van der Waals surface area contributed by atoms with Crippen LogP contribution >= 0.6 is 0 Å². The first kappa shape index (κ1) is 17.7. The van der Waals surface area contributed by atoms with E-state index in [2.05, 4.69) is 16.7 Å². The maximum Gasteiger partial charge on any atom is 0.231 e. The Hall–Kier alpha value is -1.75. The van der Waals surface area contributed by atoms with Crippen LogP contribution in [0.25, 0.3) is 0 Å². The van der Waals surface area contributed by atoms with E-state index >= 15 is 0 Å². The molecular formula is C21H30N2O3. The van der Waals surface area contributed by atoms with Crippen LogP contribution in [0, 0.1) is 5.92 Å². The lowest BCUT2D eigenvalue weighted by Crippen LogP contribution is -2.40. The summed E-state index contributed by atoms with van der Waals surface area (Å²) in [5, 5.41) is 0. The van der Waals surface area contributed by atoms with E-state index in [0.717, 1.165) is 49.4 Å². The van der Waals surface area contributed by atoms with Crippen molar-refractivity contribution in [1.82, 2.24) is 9.80 Å². The molecule has 2 heterocycles. The van der Waals surface area contributed by atoms with Crippen molar-refractivity contribution in [3.05, 3.63) is 23.8 Å². The normalized spacial score (nSPS) is 22.4. The topological polar surface area (TPSA) is 42.0 Å². The molecule has 0 N–H and O–H groups in total. The van der Waals surface area contributed by atoms with Crippen molar-refractivity contribution >= 4 is 5.91 Å². The summed E-state index contributed by atoms with van der Waals surface area (Å²) >= 11 is 0. The molecule has 0 bridgehead atoms. The molecule has 3 aliphatic rings. The second kappa shape index (κ2) is 7.87. The first-order valence-electron chi connectivity index (χ1n) is 10.1. The van der Waals surface area contributed by atoms with Crippen molar-refractivity contribution in [2.75, 3.05) is 26.4 Å². The van der Waals surface area contributed by atoms with Crippen LogP contribution in [0.5, 0.6) is 11.5 Å². The predicted octanol–water partition coefficient (Wildman–Crippen LogP) is 3.42. The summed E-state index contributed by atoms with van der Waals surface area (Å²) in [6.45, 7) is 6.43. The van der Waals surface area contributed by atoms with E-state index in [0.29, 0.717) is 18.5 Å². The minimum Gasteiger partial charge on any atom is -0.454 e. The fourth-order valence-corrected chi connectivity index (χ4v) is 4.07. The van der Waals surface area contributed by atoms with Gasteiger partial charge in [-0.2, -0.15) is 0 Å². The number of likely N-dealkylation sites (tertiary alicyclic amines) is 1. The Balaban J connectivity index is 1.35. The SMILES string of the molecule is CC1CCCCN1CCCN(Cc1ccc2c(c1)OCO2)C(=O)C1CC1. The third-order valence-electron chi connectivity index (χ3n) is 5.86. The molecule has 0 aromatic heterocycles. The molecule has 0 radical (unpaired) electrons. The third-order valence-corrected chi connectivity index (χ3v) is 5.86. The van der Waals surface area contributed by atoms with Gasteiger partial charge in [-0.3, -0.25) is 4.79 Å². The van der Waals surface area contributed by atoms with Crippen molar-refractivity contribution in [1.29, 1.82) is 0 Å². The predicted molar refractivity (Wildman–Crippen MR) is 100 cm³/mol. The molecule has 1 amide bonds. The molecule has 1 aromatic carbocycles. The molecule has 1 saturated carbocycles. The second-order valence-electron chi connectivity index (χ2n) is 7.96. The standard InChI is InChI=1S/C21H30N2O3/c1-16-5-2-3-10-22(16)11-4-12-23(21(24)18-7-8-18)14-17-6-9-19-20(13-17)26-15-25-19/h6,9,13,16,18H,2-5,7-8,10-12,14-15H2,1H3. The van der Waals surface area contributed by atoms with Gasteiger partial charge in [-0.25, -0.2) is 0 Å². The monoisotopic (exact) mass is 358 g/mol. The molecule has 26 heavy (non-hydrogen) atoms. The van der Waals surface area contributed by atoms with Gasteiger partial charge in [0.2, 0.25) is 12.7 Å². The Morgan fingerprint density at radius 3 is 2.85 bits per heavy atom. The minimum absolute atomic E-state index is 0.262. The number of rotatable bonds is 7. The molecule has 0 spiro atoms. The minimum atomic E-state index is 0.262. The van der Waals surface area contributed by atoms with Crippen LogP contribution in [-0.2, 0) is 11.3 Å². The number of carbonyl (C=O) groups excluding carboxylic acids is 1. The maximum absolute atomic E-state index is 12.7. The summed E-state index contributed by atoms with van der Waals surface area (Å²) in [5.41, 5.74) is 1.12. The van der Waals surface area contributed by atoms with Crippen LogP contribution < -0.4 is 9.47 Å². The van der Waals surface area contributed by atoms with Gasteiger partial charge in [-0.1, -0.05) is 12.5 Å². The number of ether oxygens (including phenoxy) is 2. The van der Waals surface area contributed by atoms with Gasteiger partial charge in [0.1, 0.15) is 0 Å². The smallest absolute Gasteiger partial charge is 0.231 e. The average molecular weight is 358 g/mol. The molecule has 1 saturated heterocycles. The van der Waals surface area contributed by atoms with Crippen LogP contribution in [0.4, 0.5) is 0 Å². The second-order valence-corrected chi connectivity index (χ2v) is 7.96. The molecule has 2 aliphatic heterocycles. The first-order chi connectivity index (χ1) is 12.7. The van der Waals surface area contributed by atoms with Crippen molar-refractivity contribution < 1.29 is 14.3 Å². The molecule has 142 valence electrons. The van der Waals surface area contributed by atoms with Crippen LogP contribution in [0.2, 0.25) is 0 Å². The van der Waals surface area contributed by atoms with Gasteiger partial charge in [0.15, 0.2) is 11.5 Å². The summed E-state index contributed by atoms with van der Waals surface area (Å²) in [6, 6.07) is 6.70. The lowest BCUT2D eigenvalue weighted by atomic mass is 10.0. The van der Waals surface area contributed by atoms with E-state index < -0.39 is 0 Å². The molecule has 1 unspecified atom stereocenters. The van der Waals surface area contributed by atoms with Crippen molar-refractivity contribution in [3.8, 4) is 11.5 Å². The fourth-order valence-electron chi connectivity index (χ4n) is 4.07. The molecular weight excluding hydrogens is 328 g/mol. The van der Waals surface area contributed by atoms with Gasteiger partial charge in [-0.05, 0) is 63.3 Å². The molecule has 1 atom stereocenters. The number of hydrogen-bond donors (Lipinski definition) is 0. The Labute approximate surface area is 156 Å². The number of hydrogen-bond acceptors (Lipinski definition) is 4. The Morgan fingerprint density at radius 2 is 2.04 bits per heavy atom. The number of fused-ring (bicyclic) bond motifs is 1. The molecule has 5 heteroatoms. The molecule has 2 fully saturated rings. The van der Waals surface area contributed by atoms with E-state index in [-0.39, 0.29) is 12.7 Å². The lowest BCUT2D eigenvalue weighted by Gasteiger charge is -2.34. The Kier molecular flexibility index (Phi) is 5.34. The number of carbonyl (C=O) groups is 1. The highest BCUT2D eigenvalue weighted by Gasteiger charge is 2.33. The molecule has 4 rings (SSSR count). The Morgan fingerprint density at radius 1 is 1.19 bits per heavy atom. The van der Waals surface area contributed by atoms with Crippen molar-refractivity contribution in [3.63, 3.8) is 0 Å². The van der Waals surface area contributed by atoms with Gasteiger partial charge in [0, 0.05) is 31.6 Å². The van der Waals surface area contributed by atoms with Crippen molar-refractivity contribution in [2.45, 2.75) is 58.0 Å². The fraction of sp³-hybridized carbons (Fsp3) is 0.667. The largest absolute Gasteiger partial charge is 0.454 e. The van der Waals surface area contributed by atoms with Gasteiger partial charge in [-0.15, -0.1) is 0 Å². The van der Waals surface area contributed by atoms with Crippen LogP contribution in [0.15, 0.2) is 18.2 Å². The zero-order valence-electron chi connectivity index (χ0n) is 15.8. The number of piperidine rings is 1. The zero-order chi connectivity index (χ0) is 17.9. The van der Waals surface area contributed by atoms with Crippen LogP contribution in [0.3, 0.4) is 0 Å². The van der Waals surface area contributed by atoms with E-state index in [1.54, 1.807) is 0 Å². The summed E-state index contributed by atoms with van der Waals surface area (Å²) in [6.07, 6.45) is 7.13. The maximum atomic E-state index is 12.7. The highest BCUT2D eigenvalue weighted by molar-refractivity contribution is 5.81. The first-order valence-corrected chi connectivity index (χ1v) is 10.1. The quantitative estimate of drug-likeness (QED) is 0.749. The molecule has 1 aliphatic carbocycles. The summed E-state index contributed by atoms with van der Waals surface area (Å²) in [7, 11) is 0. The molecule has 1 aromatic rings. The van der Waals surface area contributed by atoms with Crippen LogP contribution in [-0.4, -0.2) is 48.2 Å². The zero-order valence-corrected chi connectivity index (χ0v) is 15.8. The summed E-state index contributed by atoms with van der Waals surface area (Å²) < 4.78 is 10.9. The lowest BCUT2D eigenvalue weighted by molar-refractivity contribution is -0.133. The van der Waals surface area contributed by atoms with E-state index in [9.17, 15) is 4.79 Å². The highest BCUT2D eigenvalue weighted by atomic mass is 16.7. The van der Waals surface area contributed by atoms with Gasteiger partial charge in [0.25, 0.3) is 0 Å². The van der Waals surface area contributed by atoms with E-state index in [4.69, 9.17) is 9.47 Å². The summed E-state index contributed by atoms with van der Waals surface area (Å²) in [5.74, 6) is 2.18. The Bertz CT molecular complexity index is 644. The van der Waals surface area contributed by atoms with Gasteiger partial charge >= 0.3 is 0 Å². The van der Waals surface area contributed by atoms with E-state index in [1.807, 2.05) is 18.2 Å². The number of nitrogens with zero attached hydrogens (tertiary/aromatic N) is 2. The average Bonchev–Trinajstić information content (AvgIpc) is 3.39. The van der Waals surface area contributed by atoms with E-state index in [1.165, 1.54) is 25.8 Å².